The largest absolute Gasteiger partial charge is 0.445 e. The summed E-state index contributed by atoms with van der Waals surface area (Å²) in [7, 11) is 4.05. The Morgan fingerprint density at radius 2 is 2.31 bits per heavy atom. The molecule has 1 heterocycles. The number of carbonyl (C=O) groups is 1. The van der Waals surface area contributed by atoms with Crippen molar-refractivity contribution >= 4 is 27.7 Å². The predicted octanol–water partition coefficient (Wildman–Crippen LogP) is 3.35. The molecule has 1 unspecified atom stereocenters. The van der Waals surface area contributed by atoms with Gasteiger partial charge in [-0.25, -0.2) is 4.79 Å². The van der Waals surface area contributed by atoms with E-state index >= 15 is 0 Å². The van der Waals surface area contributed by atoms with Gasteiger partial charge in [0.25, 0.3) is 0 Å². The summed E-state index contributed by atoms with van der Waals surface area (Å²) in [6.07, 6.45) is 9.48. The molecule has 0 aromatic heterocycles. The average molecular weight is 261 g/mol. The van der Waals surface area contributed by atoms with Crippen LogP contribution in [0.1, 0.15) is 32.1 Å². The van der Waals surface area contributed by atoms with E-state index in [1.165, 1.54) is 31.4 Å². The number of unbranched alkanes of at least 4 members (excludes halogenated alkanes) is 2. The van der Waals surface area contributed by atoms with E-state index in [2.05, 4.69) is 10.8 Å². The second kappa shape index (κ2) is 8.82. The molecule has 1 rings (SSSR count). The molecule has 1 fully saturated rings. The van der Waals surface area contributed by atoms with Gasteiger partial charge in [0, 0.05) is 11.0 Å². The third-order valence-corrected chi connectivity index (χ3v) is 5.37. The van der Waals surface area contributed by atoms with Crippen molar-refractivity contribution in [2.45, 2.75) is 37.4 Å². The lowest BCUT2D eigenvalue weighted by atomic mass is 10.1. The molecule has 0 bridgehead atoms. The SMILES string of the molecule is NC(=O)OCC=CCCCCC1CCSS1. The fourth-order valence-corrected chi connectivity index (χ4v) is 4.54. The van der Waals surface area contributed by atoms with Crippen LogP contribution < -0.4 is 5.73 Å². The number of hydrogen-bond acceptors (Lipinski definition) is 4. The van der Waals surface area contributed by atoms with E-state index < -0.39 is 6.09 Å². The second-order valence-corrected chi connectivity index (χ2v) is 6.50. The molecule has 1 atom stereocenters. The van der Waals surface area contributed by atoms with E-state index in [0.29, 0.717) is 6.61 Å². The topological polar surface area (TPSA) is 52.3 Å². The molecule has 1 aliphatic rings. The number of rotatable bonds is 7. The fraction of sp³-hybridized carbons (Fsp3) is 0.727. The van der Waals surface area contributed by atoms with Gasteiger partial charge in [0.1, 0.15) is 6.61 Å². The third-order valence-electron chi connectivity index (χ3n) is 2.36. The van der Waals surface area contributed by atoms with Crippen LogP contribution in [0.2, 0.25) is 0 Å². The van der Waals surface area contributed by atoms with Gasteiger partial charge in [0.2, 0.25) is 0 Å². The first kappa shape index (κ1) is 13.8. The highest BCUT2D eigenvalue weighted by molar-refractivity contribution is 8.77. The van der Waals surface area contributed by atoms with Crippen molar-refractivity contribution in [2.24, 2.45) is 5.73 Å². The van der Waals surface area contributed by atoms with E-state index in [1.54, 1.807) is 0 Å². The first-order chi connectivity index (χ1) is 7.79. The molecule has 0 saturated carbocycles. The molecular formula is C11H19NO2S2. The van der Waals surface area contributed by atoms with Crippen LogP contribution in [0.15, 0.2) is 12.2 Å². The van der Waals surface area contributed by atoms with Gasteiger partial charge in [-0.3, -0.25) is 0 Å². The lowest BCUT2D eigenvalue weighted by molar-refractivity contribution is 0.169. The summed E-state index contributed by atoms with van der Waals surface area (Å²) in [6.45, 7) is 0.296. The van der Waals surface area contributed by atoms with Gasteiger partial charge in [-0.15, -0.1) is 0 Å². The van der Waals surface area contributed by atoms with Crippen molar-refractivity contribution in [3.8, 4) is 0 Å². The van der Waals surface area contributed by atoms with Crippen LogP contribution in [0.25, 0.3) is 0 Å². The van der Waals surface area contributed by atoms with Gasteiger partial charge in [-0.2, -0.15) is 0 Å². The monoisotopic (exact) mass is 261 g/mol. The molecule has 0 aromatic carbocycles. The number of allylic oxidation sites excluding steroid dienone is 1. The van der Waals surface area contributed by atoms with Crippen molar-refractivity contribution in [1.82, 2.24) is 0 Å². The molecule has 1 saturated heterocycles. The van der Waals surface area contributed by atoms with Gasteiger partial charge >= 0.3 is 6.09 Å². The smallest absolute Gasteiger partial charge is 0.404 e. The van der Waals surface area contributed by atoms with Gasteiger partial charge in [0.15, 0.2) is 0 Å². The van der Waals surface area contributed by atoms with Crippen LogP contribution in [0, 0.1) is 0 Å². The lowest BCUT2D eigenvalue weighted by Gasteiger charge is -2.05. The highest BCUT2D eigenvalue weighted by Crippen LogP contribution is 2.39. The molecule has 0 radical (unpaired) electrons. The molecule has 3 nitrogen and oxygen atoms in total. The minimum absolute atomic E-state index is 0.296. The van der Waals surface area contributed by atoms with Gasteiger partial charge < -0.3 is 10.5 Å². The number of hydrogen-bond donors (Lipinski definition) is 1. The Bertz CT molecular complexity index is 228. The van der Waals surface area contributed by atoms with Gasteiger partial charge in [0.05, 0.1) is 0 Å². The molecule has 0 aliphatic carbocycles. The molecule has 92 valence electrons. The van der Waals surface area contributed by atoms with E-state index in [-0.39, 0.29) is 0 Å². The summed E-state index contributed by atoms with van der Waals surface area (Å²) in [5.74, 6) is 1.32. The Hall–Kier alpha value is -0.290. The average Bonchev–Trinajstić information content (AvgIpc) is 2.74. The maximum Gasteiger partial charge on any atom is 0.404 e. The summed E-state index contributed by atoms with van der Waals surface area (Å²) >= 11 is 0. The third kappa shape index (κ3) is 7.06. The van der Waals surface area contributed by atoms with E-state index in [0.717, 1.165) is 11.7 Å². The fourth-order valence-electron chi connectivity index (χ4n) is 1.51. The normalized spacial score (nSPS) is 20.4. The molecule has 1 amide bonds. The molecule has 0 spiro atoms. The van der Waals surface area contributed by atoms with Crippen LogP contribution >= 0.6 is 21.6 Å². The van der Waals surface area contributed by atoms with E-state index in [4.69, 9.17) is 5.73 Å². The molecule has 16 heavy (non-hydrogen) atoms. The number of nitrogens with two attached hydrogens (primary N) is 1. The molecule has 0 aromatic rings. The van der Waals surface area contributed by atoms with Crippen LogP contribution in [0.3, 0.4) is 0 Å². The van der Waals surface area contributed by atoms with Crippen LogP contribution in [-0.4, -0.2) is 23.7 Å². The minimum Gasteiger partial charge on any atom is -0.445 e. The number of ether oxygens (including phenoxy) is 1. The summed E-state index contributed by atoms with van der Waals surface area (Å²) in [6, 6.07) is 0. The maximum atomic E-state index is 10.2. The minimum atomic E-state index is -0.708. The standard InChI is InChI=1S/C11H19NO2S2/c12-11(13)14-8-5-3-1-2-4-6-10-7-9-15-16-10/h3,5,10H,1-2,4,6-9H2,(H2,12,13). The zero-order chi connectivity index (χ0) is 11.6. The van der Waals surface area contributed by atoms with E-state index in [1.807, 2.05) is 27.7 Å². The highest BCUT2D eigenvalue weighted by atomic mass is 33.1. The van der Waals surface area contributed by atoms with Gasteiger partial charge in [-0.1, -0.05) is 40.2 Å². The summed E-state index contributed by atoms with van der Waals surface area (Å²) < 4.78 is 4.58. The van der Waals surface area contributed by atoms with Crippen LogP contribution in [0.5, 0.6) is 0 Å². The Morgan fingerprint density at radius 1 is 1.44 bits per heavy atom. The molecule has 1 aliphatic heterocycles. The highest BCUT2D eigenvalue weighted by Gasteiger charge is 2.15. The maximum absolute atomic E-state index is 10.2. The van der Waals surface area contributed by atoms with Crippen molar-refractivity contribution in [3.05, 3.63) is 12.2 Å². The quantitative estimate of drug-likeness (QED) is 0.434. The number of primary amides is 1. The molecular weight excluding hydrogens is 242 g/mol. The molecule has 2 N–H and O–H groups in total. The summed E-state index contributed by atoms with van der Waals surface area (Å²) in [5, 5.41) is 0.882. The summed E-state index contributed by atoms with van der Waals surface area (Å²) in [5.41, 5.74) is 4.83. The van der Waals surface area contributed by atoms with Crippen molar-refractivity contribution in [2.75, 3.05) is 12.4 Å². The first-order valence-corrected chi connectivity index (χ1v) is 8.03. The number of amides is 1. The zero-order valence-corrected chi connectivity index (χ0v) is 11.0. The second-order valence-electron chi connectivity index (χ2n) is 3.71. The Labute approximate surface area is 105 Å². The Kier molecular flexibility index (Phi) is 7.59. The predicted molar refractivity (Wildman–Crippen MR) is 71.6 cm³/mol. The number of carbonyl (C=O) groups excluding carboxylic acids is 1. The summed E-state index contributed by atoms with van der Waals surface area (Å²) in [4.78, 5) is 10.2. The molecule has 5 heteroatoms. The van der Waals surface area contributed by atoms with Crippen LogP contribution in [0.4, 0.5) is 4.79 Å². The van der Waals surface area contributed by atoms with Crippen molar-refractivity contribution in [1.29, 1.82) is 0 Å². The Morgan fingerprint density at radius 3 is 3.00 bits per heavy atom. The van der Waals surface area contributed by atoms with Crippen molar-refractivity contribution in [3.63, 3.8) is 0 Å². The van der Waals surface area contributed by atoms with E-state index in [9.17, 15) is 4.79 Å². The zero-order valence-electron chi connectivity index (χ0n) is 9.39. The first-order valence-electron chi connectivity index (χ1n) is 5.64. The Balaban J connectivity index is 1.85. The lowest BCUT2D eigenvalue weighted by Crippen LogP contribution is -2.12. The van der Waals surface area contributed by atoms with Gasteiger partial charge in [-0.05, 0) is 25.7 Å². The van der Waals surface area contributed by atoms with Crippen molar-refractivity contribution < 1.29 is 9.53 Å². The van der Waals surface area contributed by atoms with Crippen LogP contribution in [-0.2, 0) is 4.74 Å².